The van der Waals surface area contributed by atoms with Crippen molar-refractivity contribution in [3.63, 3.8) is 0 Å². The number of aromatic nitrogens is 2. The molecule has 0 unspecified atom stereocenters. The number of carbonyl (C=O) groups excluding carboxylic acids is 1. The second-order valence-corrected chi connectivity index (χ2v) is 11.1. The lowest BCUT2D eigenvalue weighted by Gasteiger charge is -2.34. The van der Waals surface area contributed by atoms with E-state index in [-0.39, 0.29) is 11.5 Å². The molecular formula is C29H24ClF3N4O2S. The molecule has 0 atom stereocenters. The normalized spacial score (nSPS) is 14.8. The lowest BCUT2D eigenvalue weighted by atomic mass is 10.1. The van der Waals surface area contributed by atoms with Gasteiger partial charge in [-0.3, -0.25) is 14.1 Å². The van der Waals surface area contributed by atoms with E-state index in [1.54, 1.807) is 23.3 Å². The average molecular weight is 585 g/mol. The number of rotatable bonds is 5. The molecule has 1 aliphatic heterocycles. The fourth-order valence-electron chi connectivity index (χ4n) is 5.03. The molecule has 3 aromatic carbocycles. The van der Waals surface area contributed by atoms with Gasteiger partial charge in [-0.1, -0.05) is 22.9 Å². The molecule has 0 aliphatic carbocycles. The highest BCUT2D eigenvalue weighted by atomic mass is 35.5. The van der Waals surface area contributed by atoms with E-state index in [1.165, 1.54) is 12.1 Å². The highest BCUT2D eigenvalue weighted by Gasteiger charge is 2.31. The van der Waals surface area contributed by atoms with Crippen molar-refractivity contribution in [3.8, 4) is 17.0 Å². The SMILES string of the molecule is COc1ccc(-c2nc3sc4cc(Cl)ccc4n3c2CN2CCN(C(=O)c3ccc(C(F)(F)F)cc3)CC2)cc1. The van der Waals surface area contributed by atoms with E-state index in [4.69, 9.17) is 21.3 Å². The summed E-state index contributed by atoms with van der Waals surface area (Å²) in [6.07, 6.45) is -4.43. The number of alkyl halides is 3. The standard InChI is InChI=1S/C29H24ClF3N4O2S/c1-39-22-9-4-18(5-10-22)26-24(37-23-11-8-21(30)16-25(23)40-28(37)34-26)17-35-12-14-36(15-13-35)27(38)19-2-6-20(7-3-19)29(31,32)33/h2-11,16H,12-15,17H2,1H3. The number of ether oxygens (including phenoxy) is 1. The molecule has 1 amide bonds. The number of amides is 1. The Hall–Kier alpha value is -3.60. The van der Waals surface area contributed by atoms with Gasteiger partial charge in [0, 0.05) is 48.9 Å². The molecule has 206 valence electrons. The third-order valence-corrected chi connectivity index (χ3v) is 8.40. The van der Waals surface area contributed by atoms with Crippen LogP contribution in [-0.2, 0) is 12.7 Å². The van der Waals surface area contributed by atoms with Crippen LogP contribution in [0.1, 0.15) is 21.6 Å². The quantitative estimate of drug-likeness (QED) is 0.227. The molecule has 2 aromatic heterocycles. The summed E-state index contributed by atoms with van der Waals surface area (Å²) >= 11 is 7.83. The van der Waals surface area contributed by atoms with E-state index < -0.39 is 11.7 Å². The summed E-state index contributed by atoms with van der Waals surface area (Å²) in [5.41, 5.74) is 3.42. The zero-order valence-electron chi connectivity index (χ0n) is 21.4. The molecule has 1 saturated heterocycles. The first-order valence-corrected chi connectivity index (χ1v) is 13.8. The molecule has 6 nitrogen and oxygen atoms in total. The van der Waals surface area contributed by atoms with Gasteiger partial charge >= 0.3 is 6.18 Å². The number of benzene rings is 3. The second-order valence-electron chi connectivity index (χ2n) is 9.61. The Morgan fingerprint density at radius 2 is 1.70 bits per heavy atom. The minimum atomic E-state index is -4.43. The molecule has 1 aliphatic rings. The summed E-state index contributed by atoms with van der Waals surface area (Å²) in [7, 11) is 1.63. The lowest BCUT2D eigenvalue weighted by molar-refractivity contribution is -0.137. The Kier molecular flexibility index (Phi) is 6.93. The molecular weight excluding hydrogens is 561 g/mol. The number of fused-ring (bicyclic) bond motifs is 3. The number of hydrogen-bond acceptors (Lipinski definition) is 5. The molecule has 0 saturated carbocycles. The van der Waals surface area contributed by atoms with Crippen LogP contribution in [0.15, 0.2) is 66.7 Å². The summed E-state index contributed by atoms with van der Waals surface area (Å²) in [6, 6.07) is 18.0. The third kappa shape index (κ3) is 5.02. The van der Waals surface area contributed by atoms with Gasteiger partial charge in [0.15, 0.2) is 4.96 Å². The van der Waals surface area contributed by atoms with Gasteiger partial charge in [-0.25, -0.2) is 4.98 Å². The van der Waals surface area contributed by atoms with E-state index in [1.807, 2.05) is 42.5 Å². The smallest absolute Gasteiger partial charge is 0.416 e. The van der Waals surface area contributed by atoms with Gasteiger partial charge < -0.3 is 9.64 Å². The number of nitrogens with zero attached hydrogens (tertiary/aromatic N) is 4. The van der Waals surface area contributed by atoms with Crippen LogP contribution in [0.25, 0.3) is 26.4 Å². The van der Waals surface area contributed by atoms with Crippen molar-refractivity contribution < 1.29 is 22.7 Å². The maximum absolute atomic E-state index is 13.0. The van der Waals surface area contributed by atoms with Gasteiger partial charge in [-0.2, -0.15) is 13.2 Å². The van der Waals surface area contributed by atoms with Gasteiger partial charge in [0.1, 0.15) is 5.75 Å². The van der Waals surface area contributed by atoms with Crippen molar-refractivity contribution in [2.24, 2.45) is 0 Å². The van der Waals surface area contributed by atoms with Crippen LogP contribution in [0.5, 0.6) is 5.75 Å². The van der Waals surface area contributed by atoms with Crippen molar-refractivity contribution in [3.05, 3.63) is 88.6 Å². The molecule has 40 heavy (non-hydrogen) atoms. The van der Waals surface area contributed by atoms with Gasteiger partial charge in [0.05, 0.1) is 34.3 Å². The third-order valence-electron chi connectivity index (χ3n) is 7.16. The van der Waals surface area contributed by atoms with Crippen LogP contribution in [0.4, 0.5) is 13.2 Å². The maximum Gasteiger partial charge on any atom is 0.416 e. The molecule has 0 N–H and O–H groups in total. The highest BCUT2D eigenvalue weighted by molar-refractivity contribution is 7.23. The zero-order chi connectivity index (χ0) is 28.0. The first kappa shape index (κ1) is 26.6. The van der Waals surface area contributed by atoms with Crippen molar-refractivity contribution in [1.82, 2.24) is 19.2 Å². The molecule has 0 radical (unpaired) electrons. The van der Waals surface area contributed by atoms with E-state index in [0.29, 0.717) is 37.7 Å². The number of halogens is 4. The van der Waals surface area contributed by atoms with Crippen molar-refractivity contribution in [2.45, 2.75) is 12.7 Å². The zero-order valence-corrected chi connectivity index (χ0v) is 23.0. The Bertz CT molecular complexity index is 1690. The number of hydrogen-bond donors (Lipinski definition) is 0. The van der Waals surface area contributed by atoms with Crippen LogP contribution >= 0.6 is 22.9 Å². The summed E-state index contributed by atoms with van der Waals surface area (Å²) in [6.45, 7) is 2.80. The minimum Gasteiger partial charge on any atom is -0.497 e. The number of imidazole rings is 1. The van der Waals surface area contributed by atoms with Gasteiger partial charge in [0.25, 0.3) is 5.91 Å². The van der Waals surface area contributed by atoms with Crippen LogP contribution in [0.2, 0.25) is 5.02 Å². The molecule has 1 fully saturated rings. The van der Waals surface area contributed by atoms with E-state index in [9.17, 15) is 18.0 Å². The van der Waals surface area contributed by atoms with Gasteiger partial charge in [-0.15, -0.1) is 0 Å². The number of methoxy groups -OCH3 is 1. The van der Waals surface area contributed by atoms with Crippen LogP contribution < -0.4 is 4.74 Å². The summed E-state index contributed by atoms with van der Waals surface area (Å²) < 4.78 is 47.3. The van der Waals surface area contributed by atoms with Crippen molar-refractivity contribution >= 4 is 44.0 Å². The lowest BCUT2D eigenvalue weighted by Crippen LogP contribution is -2.48. The van der Waals surface area contributed by atoms with Crippen LogP contribution in [0, 0.1) is 0 Å². The summed E-state index contributed by atoms with van der Waals surface area (Å²) in [5, 5.41) is 0.669. The Morgan fingerprint density at radius 1 is 1.00 bits per heavy atom. The number of carbonyl (C=O) groups is 1. The second kappa shape index (κ2) is 10.4. The first-order chi connectivity index (χ1) is 19.2. The van der Waals surface area contributed by atoms with Crippen LogP contribution in [-0.4, -0.2) is 58.4 Å². The fraction of sp³-hybridized carbons (Fsp3) is 0.241. The Labute approximate surface area is 237 Å². The molecule has 0 spiro atoms. The monoisotopic (exact) mass is 584 g/mol. The van der Waals surface area contributed by atoms with E-state index in [2.05, 4.69) is 9.30 Å². The first-order valence-electron chi connectivity index (χ1n) is 12.6. The minimum absolute atomic E-state index is 0.254. The van der Waals surface area contributed by atoms with Crippen molar-refractivity contribution in [1.29, 1.82) is 0 Å². The topological polar surface area (TPSA) is 50.1 Å². The predicted molar refractivity (Wildman–Crippen MR) is 150 cm³/mol. The Balaban J connectivity index is 1.25. The number of thiazole rings is 1. The summed E-state index contributed by atoms with van der Waals surface area (Å²) in [5.74, 6) is 0.500. The maximum atomic E-state index is 13.0. The van der Waals surface area contributed by atoms with Crippen molar-refractivity contribution in [2.75, 3.05) is 33.3 Å². The molecule has 0 bridgehead atoms. The molecule has 5 aromatic rings. The molecule has 11 heteroatoms. The molecule has 3 heterocycles. The van der Waals surface area contributed by atoms with Gasteiger partial charge in [0.2, 0.25) is 0 Å². The van der Waals surface area contributed by atoms with E-state index in [0.717, 1.165) is 50.0 Å². The predicted octanol–water partition coefficient (Wildman–Crippen LogP) is 6.85. The van der Waals surface area contributed by atoms with Gasteiger partial charge in [-0.05, 0) is 66.7 Å². The largest absolute Gasteiger partial charge is 0.497 e. The average Bonchev–Trinajstić information content (AvgIpc) is 3.48. The number of piperazine rings is 1. The fourth-order valence-corrected chi connectivity index (χ4v) is 6.35. The highest BCUT2D eigenvalue weighted by Crippen LogP contribution is 2.35. The molecule has 6 rings (SSSR count). The van der Waals surface area contributed by atoms with Crippen LogP contribution in [0.3, 0.4) is 0 Å². The van der Waals surface area contributed by atoms with E-state index >= 15 is 0 Å². The Morgan fingerprint density at radius 3 is 2.35 bits per heavy atom. The summed E-state index contributed by atoms with van der Waals surface area (Å²) in [4.78, 5) is 22.8.